The van der Waals surface area contributed by atoms with Crippen molar-refractivity contribution in [2.75, 3.05) is 5.73 Å². The van der Waals surface area contributed by atoms with Crippen LogP contribution in [0.3, 0.4) is 0 Å². The zero-order valence-corrected chi connectivity index (χ0v) is 21.8. The van der Waals surface area contributed by atoms with E-state index in [2.05, 4.69) is 63.7 Å². The van der Waals surface area contributed by atoms with Gasteiger partial charge in [-0.2, -0.15) is 9.13 Å². The number of nitrogen functional groups attached to an aromatic ring is 1. The molecule has 0 fully saturated rings. The van der Waals surface area contributed by atoms with Gasteiger partial charge in [0.05, 0.1) is 8.95 Å². The van der Waals surface area contributed by atoms with Crippen LogP contribution in [0.5, 0.6) is 11.5 Å². The van der Waals surface area contributed by atoms with E-state index in [0.717, 1.165) is 40.4 Å². The molecular weight excluding hydrogens is 646 g/mol. The summed E-state index contributed by atoms with van der Waals surface area (Å²) in [6.45, 7) is 0.524. The molecule has 0 amide bonds. The lowest BCUT2D eigenvalue weighted by atomic mass is 10.3. The fraction of sp³-hybridized carbons (Fsp3) is 0.0952. The fourth-order valence-electron chi connectivity index (χ4n) is 3.03. The number of hydrogen-bond acceptors (Lipinski definition) is 3. The quantitative estimate of drug-likeness (QED) is 0.236. The van der Waals surface area contributed by atoms with E-state index in [1.165, 1.54) is 0 Å². The number of hydrogen-bond donors (Lipinski definition) is 1. The van der Waals surface area contributed by atoms with Gasteiger partial charge in [-0.15, -0.1) is 0 Å². The van der Waals surface area contributed by atoms with Gasteiger partial charge < -0.3 is 9.47 Å². The Kier molecular flexibility index (Phi) is 6.72. The van der Waals surface area contributed by atoms with Crippen LogP contribution in [0.1, 0.15) is 0 Å². The fourth-order valence-corrected chi connectivity index (χ4v) is 4.90. The van der Waals surface area contributed by atoms with Crippen molar-refractivity contribution in [2.45, 2.75) is 13.5 Å². The van der Waals surface area contributed by atoms with Crippen molar-refractivity contribution in [3.05, 3.63) is 78.6 Å². The minimum absolute atomic E-state index is 0.260. The Balaban J connectivity index is 1.63. The van der Waals surface area contributed by atoms with Crippen LogP contribution in [0.25, 0.3) is 11.0 Å². The van der Waals surface area contributed by atoms with E-state index in [1.54, 1.807) is 0 Å². The Morgan fingerprint density at radius 3 is 2.33 bits per heavy atom. The Bertz CT molecular complexity index is 1230. The van der Waals surface area contributed by atoms with Crippen LogP contribution in [0.2, 0.25) is 0 Å². The van der Waals surface area contributed by atoms with E-state index in [4.69, 9.17) is 15.2 Å². The second-order valence-corrected chi connectivity index (χ2v) is 9.94. The van der Waals surface area contributed by atoms with Gasteiger partial charge in [-0.3, -0.25) is 5.73 Å². The second-order valence-electron chi connectivity index (χ2n) is 6.40. The predicted molar refractivity (Wildman–Crippen MR) is 131 cm³/mol. The largest absolute Gasteiger partial charge is 0.459 e. The number of benzene rings is 3. The van der Waals surface area contributed by atoms with Crippen LogP contribution in [-0.2, 0) is 13.5 Å². The smallest absolute Gasteiger partial charge is 0.361 e. The Labute approximate surface area is 207 Å². The molecule has 0 bridgehead atoms. The van der Waals surface area contributed by atoms with Crippen LogP contribution < -0.4 is 19.8 Å². The molecule has 0 radical (unpaired) electrons. The first kappa shape index (κ1) is 21.7. The number of nitrogens with two attached hydrogens (primary N) is 1. The molecule has 0 atom stereocenters. The van der Waals surface area contributed by atoms with Crippen LogP contribution in [0.15, 0.2) is 78.6 Å². The van der Waals surface area contributed by atoms with Crippen molar-refractivity contribution < 1.29 is 14.0 Å². The lowest BCUT2D eigenvalue weighted by Crippen LogP contribution is -2.39. The van der Waals surface area contributed by atoms with Gasteiger partial charge in [0.15, 0.2) is 0 Å². The van der Waals surface area contributed by atoms with Gasteiger partial charge in [0.25, 0.3) is 0 Å². The molecule has 0 aliphatic rings. The van der Waals surface area contributed by atoms with Crippen molar-refractivity contribution in [1.29, 1.82) is 0 Å². The molecule has 0 saturated carbocycles. The molecule has 4 aromatic rings. The monoisotopic (exact) mass is 658 g/mol. The highest BCUT2D eigenvalue weighted by molar-refractivity contribution is 9.11. The van der Waals surface area contributed by atoms with Gasteiger partial charge >= 0.3 is 5.95 Å². The van der Waals surface area contributed by atoms with Gasteiger partial charge in [0.2, 0.25) is 13.5 Å². The first-order chi connectivity index (χ1) is 14.4. The number of ether oxygens (including phenoxy) is 2. The van der Waals surface area contributed by atoms with Crippen LogP contribution in [0, 0.1) is 0 Å². The van der Waals surface area contributed by atoms with Crippen molar-refractivity contribution in [2.24, 2.45) is 0 Å². The number of imidazole rings is 1. The lowest BCUT2D eigenvalue weighted by Gasteiger charge is -2.09. The van der Waals surface area contributed by atoms with Gasteiger partial charge in [0.1, 0.15) is 22.5 Å². The summed E-state index contributed by atoms with van der Waals surface area (Å²) in [5, 5.41) is 0. The van der Waals surface area contributed by atoms with Crippen LogP contribution in [-0.4, -0.2) is 4.57 Å². The third kappa shape index (κ3) is 4.54. The number of rotatable bonds is 6. The summed E-state index contributed by atoms with van der Waals surface area (Å²) < 4.78 is 19.6. The standard InChI is InChI=1S/C21H15Br4N3O2/c22-13-6-8-19(16(25)9-13)29-11-27-17-3-1-2-4-18(17)28(21(27)26)12-30-20-10-14(23)5-7-15(20)24/h1-10,26H,11-12H2/p+1. The second kappa shape index (κ2) is 9.30. The van der Waals surface area contributed by atoms with Crippen molar-refractivity contribution in [3.63, 3.8) is 0 Å². The first-order valence-corrected chi connectivity index (χ1v) is 12.0. The Morgan fingerprint density at radius 2 is 1.53 bits per heavy atom. The number of halogens is 4. The third-order valence-electron chi connectivity index (χ3n) is 4.50. The highest BCUT2D eigenvalue weighted by Crippen LogP contribution is 2.30. The van der Waals surface area contributed by atoms with Gasteiger partial charge in [0, 0.05) is 8.95 Å². The molecule has 0 saturated heterocycles. The maximum atomic E-state index is 6.50. The summed E-state index contributed by atoms with van der Waals surface area (Å²) in [7, 11) is 0. The van der Waals surface area contributed by atoms with Crippen LogP contribution in [0.4, 0.5) is 5.95 Å². The molecule has 154 valence electrons. The van der Waals surface area contributed by atoms with E-state index >= 15 is 0 Å². The molecule has 0 aliphatic carbocycles. The summed E-state index contributed by atoms with van der Waals surface area (Å²) in [6.07, 6.45) is 0. The first-order valence-electron chi connectivity index (χ1n) is 8.86. The van der Waals surface area contributed by atoms with Gasteiger partial charge in [-0.1, -0.05) is 44.0 Å². The molecular formula is C21H16Br4N3O2+. The van der Waals surface area contributed by atoms with Crippen molar-refractivity contribution >= 4 is 80.7 Å². The normalized spacial score (nSPS) is 11.1. The van der Waals surface area contributed by atoms with Gasteiger partial charge in [-0.25, -0.2) is 0 Å². The predicted octanol–water partition coefficient (Wildman–Crippen LogP) is 6.63. The number of aromatic nitrogens is 2. The summed E-state index contributed by atoms with van der Waals surface area (Å²) in [5.74, 6) is 2.00. The average molecular weight is 662 g/mol. The lowest BCUT2D eigenvalue weighted by molar-refractivity contribution is -0.687. The minimum atomic E-state index is 0.260. The van der Waals surface area contributed by atoms with E-state index in [1.807, 2.05) is 69.8 Å². The molecule has 0 unspecified atom stereocenters. The van der Waals surface area contributed by atoms with Crippen molar-refractivity contribution in [1.82, 2.24) is 4.57 Å². The summed E-state index contributed by atoms with van der Waals surface area (Å²) >= 11 is 14.0. The molecule has 2 N–H and O–H groups in total. The maximum Gasteiger partial charge on any atom is 0.361 e. The highest BCUT2D eigenvalue weighted by Gasteiger charge is 2.22. The van der Waals surface area contributed by atoms with E-state index < -0.39 is 0 Å². The summed E-state index contributed by atoms with van der Waals surface area (Å²) in [6, 6.07) is 19.5. The summed E-state index contributed by atoms with van der Waals surface area (Å²) in [5.41, 5.74) is 8.42. The number of anilines is 1. The SMILES string of the molecule is Nc1n(COc2cc(Br)ccc2Br)c2ccccc2[n+]1COc1ccc(Br)cc1Br. The molecule has 3 aromatic carbocycles. The highest BCUT2D eigenvalue weighted by atomic mass is 79.9. The van der Waals surface area contributed by atoms with Crippen LogP contribution >= 0.6 is 63.7 Å². The molecule has 0 aliphatic heterocycles. The van der Waals surface area contributed by atoms with E-state index in [9.17, 15) is 0 Å². The average Bonchev–Trinajstić information content (AvgIpc) is 2.99. The van der Waals surface area contributed by atoms with Gasteiger partial charge in [-0.05, 0) is 80.4 Å². The zero-order chi connectivity index (χ0) is 21.3. The molecule has 9 heteroatoms. The molecule has 1 heterocycles. The Hall–Kier alpha value is -1.55. The van der Waals surface area contributed by atoms with E-state index in [0.29, 0.717) is 5.95 Å². The number of fused-ring (bicyclic) bond motifs is 1. The number of nitrogens with zero attached hydrogens (tertiary/aromatic N) is 2. The maximum absolute atomic E-state index is 6.50. The minimum Gasteiger partial charge on any atom is -0.459 e. The molecule has 1 aromatic heterocycles. The topological polar surface area (TPSA) is 53.3 Å². The molecule has 4 rings (SSSR count). The molecule has 30 heavy (non-hydrogen) atoms. The summed E-state index contributed by atoms with van der Waals surface area (Å²) in [4.78, 5) is 0. The molecule has 0 spiro atoms. The van der Waals surface area contributed by atoms with E-state index in [-0.39, 0.29) is 13.5 Å². The number of para-hydroxylation sites is 2. The van der Waals surface area contributed by atoms with Crippen molar-refractivity contribution in [3.8, 4) is 11.5 Å². The third-order valence-corrected chi connectivity index (χ3v) is 6.76. The Morgan fingerprint density at radius 1 is 0.800 bits per heavy atom. The zero-order valence-electron chi connectivity index (χ0n) is 15.5. The molecule has 5 nitrogen and oxygen atoms in total.